The van der Waals surface area contributed by atoms with Gasteiger partial charge in [0.1, 0.15) is 17.7 Å². The summed E-state index contributed by atoms with van der Waals surface area (Å²) in [5.41, 5.74) is 1.13. The van der Waals surface area contributed by atoms with Gasteiger partial charge < -0.3 is 14.2 Å². The maximum Gasteiger partial charge on any atom is 0.332 e. The summed E-state index contributed by atoms with van der Waals surface area (Å²) < 4.78 is 10.6. The van der Waals surface area contributed by atoms with E-state index < -0.39 is 0 Å². The van der Waals surface area contributed by atoms with Crippen molar-refractivity contribution < 1.29 is 9.53 Å². The van der Waals surface area contributed by atoms with Crippen LogP contribution in [0.1, 0.15) is 45.0 Å². The van der Waals surface area contributed by atoms with E-state index in [1.54, 1.807) is 25.5 Å². The van der Waals surface area contributed by atoms with Gasteiger partial charge in [-0.15, -0.1) is 0 Å². The van der Waals surface area contributed by atoms with E-state index >= 15 is 0 Å². The van der Waals surface area contributed by atoms with E-state index in [-0.39, 0.29) is 23.3 Å². The molecule has 0 saturated carbocycles. The first-order valence-corrected chi connectivity index (χ1v) is 11.7. The molecule has 0 spiro atoms. The summed E-state index contributed by atoms with van der Waals surface area (Å²) >= 11 is 0. The van der Waals surface area contributed by atoms with Crippen LogP contribution in [0.2, 0.25) is 0 Å². The number of aromatic nitrogens is 4. The fourth-order valence-electron chi connectivity index (χ4n) is 4.40. The lowest BCUT2D eigenvalue weighted by atomic mass is 10.1. The highest BCUT2D eigenvalue weighted by Crippen LogP contribution is 2.21. The maximum absolute atomic E-state index is 12.8. The first kappa shape index (κ1) is 23.5. The molecule has 1 fully saturated rings. The normalized spacial score (nSPS) is 14.9. The fourth-order valence-corrected chi connectivity index (χ4v) is 4.40. The molecule has 180 valence electrons. The molecule has 1 aliphatic rings. The number of hydrogen-bond donors (Lipinski definition) is 0. The molecule has 0 bridgehead atoms. The van der Waals surface area contributed by atoms with Crippen LogP contribution in [-0.2, 0) is 24.9 Å². The summed E-state index contributed by atoms with van der Waals surface area (Å²) in [6.45, 7) is 7.46. The van der Waals surface area contributed by atoms with E-state index in [2.05, 4.69) is 4.98 Å². The number of likely N-dealkylation sites (tertiary alicyclic amines) is 1. The molecule has 2 aromatic heterocycles. The minimum atomic E-state index is -0.335. The molecule has 4 rings (SSSR count). The molecule has 3 aromatic rings. The van der Waals surface area contributed by atoms with Gasteiger partial charge in [0.05, 0.1) is 0 Å². The van der Waals surface area contributed by atoms with Crippen molar-refractivity contribution in [1.29, 1.82) is 0 Å². The highest BCUT2D eigenvalue weighted by atomic mass is 16.5. The van der Waals surface area contributed by atoms with Gasteiger partial charge in [0.25, 0.3) is 5.56 Å². The number of amides is 1. The van der Waals surface area contributed by atoms with Gasteiger partial charge in [0, 0.05) is 53.0 Å². The molecule has 3 heterocycles. The Morgan fingerprint density at radius 1 is 1.06 bits per heavy atom. The highest BCUT2D eigenvalue weighted by molar-refractivity contribution is 5.76. The third-order valence-electron chi connectivity index (χ3n) is 6.40. The van der Waals surface area contributed by atoms with Crippen molar-refractivity contribution in [2.75, 3.05) is 13.1 Å². The van der Waals surface area contributed by atoms with Crippen molar-refractivity contribution in [3.63, 3.8) is 0 Å². The number of benzene rings is 1. The number of aryl methyl sites for hydroxylation is 2. The van der Waals surface area contributed by atoms with Gasteiger partial charge in [-0.3, -0.25) is 18.7 Å². The zero-order valence-corrected chi connectivity index (χ0v) is 20.2. The molecule has 0 aliphatic carbocycles. The van der Waals surface area contributed by atoms with Crippen LogP contribution >= 0.6 is 0 Å². The predicted octanol–water partition coefficient (Wildman–Crippen LogP) is 2.50. The summed E-state index contributed by atoms with van der Waals surface area (Å²) in [6, 6.07) is 7.79. The molecule has 0 atom stereocenters. The molecule has 1 amide bonds. The van der Waals surface area contributed by atoms with Gasteiger partial charge >= 0.3 is 5.69 Å². The van der Waals surface area contributed by atoms with E-state index in [4.69, 9.17) is 4.74 Å². The molecule has 0 unspecified atom stereocenters. The van der Waals surface area contributed by atoms with Crippen LogP contribution in [0, 0.1) is 0 Å². The Bertz CT molecular complexity index is 1340. The SMILES string of the molecule is CCn1c(=O)c2c(nc(C=Cc3ccc(OC4CCN(C(C)=O)CC4)cc3)n2C)n(CC)c1=O. The van der Waals surface area contributed by atoms with Crippen LogP contribution in [0.25, 0.3) is 23.3 Å². The standard InChI is InChI=1S/C25H31N5O4/c1-5-29-23-22(24(32)30(6-2)25(29)33)27(4)21(26-23)12-9-18-7-10-19(11-8-18)34-20-13-15-28(16-14-20)17(3)31/h7-12,20H,5-6,13-16H2,1-4H3. The second-order valence-corrected chi connectivity index (χ2v) is 8.50. The lowest BCUT2D eigenvalue weighted by molar-refractivity contribution is -0.130. The molecule has 0 N–H and O–H groups in total. The van der Waals surface area contributed by atoms with Gasteiger partial charge in [0.15, 0.2) is 11.2 Å². The number of carbonyl (C=O) groups is 1. The van der Waals surface area contributed by atoms with Crippen molar-refractivity contribution in [2.45, 2.75) is 52.8 Å². The summed E-state index contributed by atoms with van der Waals surface area (Å²) in [5, 5.41) is 0. The van der Waals surface area contributed by atoms with Crippen LogP contribution in [0.15, 0.2) is 33.9 Å². The second kappa shape index (κ2) is 9.70. The van der Waals surface area contributed by atoms with Crippen molar-refractivity contribution in [3.05, 3.63) is 56.5 Å². The molecule has 1 aromatic carbocycles. The molecule has 0 radical (unpaired) electrons. The van der Waals surface area contributed by atoms with Crippen molar-refractivity contribution in [1.82, 2.24) is 23.6 Å². The second-order valence-electron chi connectivity index (χ2n) is 8.50. The van der Waals surface area contributed by atoms with E-state index in [1.807, 2.05) is 48.2 Å². The Morgan fingerprint density at radius 3 is 2.29 bits per heavy atom. The van der Waals surface area contributed by atoms with Crippen LogP contribution < -0.4 is 16.0 Å². The zero-order chi connectivity index (χ0) is 24.4. The lowest BCUT2D eigenvalue weighted by Gasteiger charge is -2.31. The first-order chi connectivity index (χ1) is 16.3. The van der Waals surface area contributed by atoms with Crippen LogP contribution in [-0.4, -0.2) is 48.7 Å². The van der Waals surface area contributed by atoms with Gasteiger partial charge in [-0.05, 0) is 37.6 Å². The molecule has 9 nitrogen and oxygen atoms in total. The molecule has 34 heavy (non-hydrogen) atoms. The number of carbonyl (C=O) groups excluding carboxylic acids is 1. The number of rotatable bonds is 6. The van der Waals surface area contributed by atoms with Crippen molar-refractivity contribution in [3.8, 4) is 5.75 Å². The van der Waals surface area contributed by atoms with Gasteiger partial charge in [-0.2, -0.15) is 0 Å². The monoisotopic (exact) mass is 465 g/mol. The van der Waals surface area contributed by atoms with E-state index in [0.717, 1.165) is 37.2 Å². The van der Waals surface area contributed by atoms with Crippen molar-refractivity contribution >= 4 is 29.2 Å². The number of ether oxygens (including phenoxy) is 1. The molecule has 1 aliphatic heterocycles. The molecule has 9 heteroatoms. The summed E-state index contributed by atoms with van der Waals surface area (Å²) in [4.78, 5) is 43.4. The average Bonchev–Trinajstić information content (AvgIpc) is 3.15. The predicted molar refractivity (Wildman–Crippen MR) is 132 cm³/mol. The van der Waals surface area contributed by atoms with E-state index in [9.17, 15) is 14.4 Å². The smallest absolute Gasteiger partial charge is 0.332 e. The number of imidazole rings is 1. The number of nitrogens with zero attached hydrogens (tertiary/aromatic N) is 5. The number of piperidine rings is 1. The minimum Gasteiger partial charge on any atom is -0.490 e. The maximum atomic E-state index is 12.8. The fraction of sp³-hybridized carbons (Fsp3) is 0.440. The third-order valence-corrected chi connectivity index (χ3v) is 6.40. The van der Waals surface area contributed by atoms with Gasteiger partial charge in [-0.25, -0.2) is 9.78 Å². The Balaban J connectivity index is 1.52. The molecular weight excluding hydrogens is 434 g/mol. The Hall–Kier alpha value is -3.62. The Kier molecular flexibility index (Phi) is 6.72. The molecular formula is C25H31N5O4. The zero-order valence-electron chi connectivity index (χ0n) is 20.2. The summed E-state index contributed by atoms with van der Waals surface area (Å²) in [5.74, 6) is 1.51. The summed E-state index contributed by atoms with van der Waals surface area (Å²) in [6.07, 6.45) is 5.53. The van der Waals surface area contributed by atoms with Crippen LogP contribution in [0.3, 0.4) is 0 Å². The third kappa shape index (κ3) is 4.42. The van der Waals surface area contributed by atoms with E-state index in [0.29, 0.717) is 30.1 Å². The molecule has 1 saturated heterocycles. The van der Waals surface area contributed by atoms with E-state index in [1.165, 1.54) is 9.13 Å². The Morgan fingerprint density at radius 2 is 1.71 bits per heavy atom. The number of fused-ring (bicyclic) bond motifs is 1. The van der Waals surface area contributed by atoms with Crippen molar-refractivity contribution in [2.24, 2.45) is 7.05 Å². The quantitative estimate of drug-likeness (QED) is 0.558. The Labute approximate surface area is 197 Å². The highest BCUT2D eigenvalue weighted by Gasteiger charge is 2.22. The van der Waals surface area contributed by atoms with Gasteiger partial charge in [0.2, 0.25) is 5.91 Å². The lowest BCUT2D eigenvalue weighted by Crippen LogP contribution is -2.40. The topological polar surface area (TPSA) is 91.4 Å². The largest absolute Gasteiger partial charge is 0.490 e. The minimum absolute atomic E-state index is 0.111. The van der Waals surface area contributed by atoms with Gasteiger partial charge in [-0.1, -0.05) is 18.2 Å². The van der Waals surface area contributed by atoms with Crippen LogP contribution in [0.5, 0.6) is 5.75 Å². The average molecular weight is 466 g/mol. The summed E-state index contributed by atoms with van der Waals surface area (Å²) in [7, 11) is 1.79. The van der Waals surface area contributed by atoms with Crippen LogP contribution in [0.4, 0.5) is 0 Å². The first-order valence-electron chi connectivity index (χ1n) is 11.7. The number of hydrogen-bond acceptors (Lipinski definition) is 5.